The van der Waals surface area contributed by atoms with E-state index in [0.29, 0.717) is 17.1 Å². The van der Waals surface area contributed by atoms with Crippen LogP contribution in [-0.4, -0.2) is 17.9 Å². The van der Waals surface area contributed by atoms with Gasteiger partial charge < -0.3 is 10.2 Å². The van der Waals surface area contributed by atoms with E-state index in [4.69, 9.17) is 11.6 Å². The molecule has 5 heteroatoms. The van der Waals surface area contributed by atoms with Crippen molar-refractivity contribution in [2.75, 3.05) is 10.2 Å². The van der Waals surface area contributed by atoms with Crippen molar-refractivity contribution in [3.63, 3.8) is 0 Å². The van der Waals surface area contributed by atoms with Crippen molar-refractivity contribution in [2.45, 2.75) is 32.7 Å². The van der Waals surface area contributed by atoms with Crippen molar-refractivity contribution in [1.29, 1.82) is 0 Å². The van der Waals surface area contributed by atoms with Gasteiger partial charge in [-0.25, -0.2) is 0 Å². The Morgan fingerprint density at radius 1 is 1.12 bits per heavy atom. The zero-order valence-electron chi connectivity index (χ0n) is 14.8. The molecule has 134 valence electrons. The van der Waals surface area contributed by atoms with Crippen LogP contribution in [0.1, 0.15) is 24.5 Å². The predicted molar refractivity (Wildman–Crippen MR) is 104 cm³/mol. The van der Waals surface area contributed by atoms with Gasteiger partial charge in [0.25, 0.3) is 0 Å². The Kier molecular flexibility index (Phi) is 4.23. The first-order valence-electron chi connectivity index (χ1n) is 8.94. The fourth-order valence-electron chi connectivity index (χ4n) is 3.81. The highest BCUT2D eigenvalue weighted by Gasteiger charge is 2.51. The average molecular weight is 369 g/mol. The molecule has 0 saturated heterocycles. The molecule has 3 unspecified atom stereocenters. The summed E-state index contributed by atoms with van der Waals surface area (Å²) in [5.74, 6) is -0.539. The fourth-order valence-corrected chi connectivity index (χ4v) is 3.98. The Morgan fingerprint density at radius 3 is 2.69 bits per heavy atom. The number of nitrogens with one attached hydrogen (secondary N) is 1. The third-order valence-corrected chi connectivity index (χ3v) is 5.82. The number of carbonyl (C=O) groups is 2. The summed E-state index contributed by atoms with van der Waals surface area (Å²) in [7, 11) is 0. The largest absolute Gasteiger partial charge is 0.326 e. The Labute approximate surface area is 158 Å². The molecular weight excluding hydrogens is 348 g/mol. The third kappa shape index (κ3) is 2.88. The quantitative estimate of drug-likeness (QED) is 0.882. The van der Waals surface area contributed by atoms with Crippen molar-refractivity contribution in [2.24, 2.45) is 11.8 Å². The van der Waals surface area contributed by atoms with Crippen molar-refractivity contribution >= 4 is 34.8 Å². The van der Waals surface area contributed by atoms with Crippen LogP contribution in [-0.2, 0) is 16.0 Å². The van der Waals surface area contributed by atoms with Crippen molar-refractivity contribution in [1.82, 2.24) is 0 Å². The number of amides is 2. The van der Waals surface area contributed by atoms with Gasteiger partial charge in [0.1, 0.15) is 0 Å². The molecule has 1 N–H and O–H groups in total. The first kappa shape index (κ1) is 17.1. The van der Waals surface area contributed by atoms with Crippen LogP contribution in [0.2, 0.25) is 5.02 Å². The zero-order valence-corrected chi connectivity index (χ0v) is 15.6. The lowest BCUT2D eigenvalue weighted by molar-refractivity contribution is -0.123. The van der Waals surface area contributed by atoms with Crippen LogP contribution in [0, 0.1) is 18.8 Å². The van der Waals surface area contributed by atoms with Crippen LogP contribution in [0.4, 0.5) is 11.4 Å². The van der Waals surface area contributed by atoms with Crippen LogP contribution in [0.5, 0.6) is 0 Å². The lowest BCUT2D eigenvalue weighted by Crippen LogP contribution is -2.37. The maximum atomic E-state index is 13.0. The molecule has 0 aromatic heterocycles. The van der Waals surface area contributed by atoms with Crippen molar-refractivity contribution in [3.05, 3.63) is 58.6 Å². The lowest BCUT2D eigenvalue weighted by Gasteiger charge is -2.23. The number of benzene rings is 2. The summed E-state index contributed by atoms with van der Waals surface area (Å²) in [5, 5.41) is 3.54. The summed E-state index contributed by atoms with van der Waals surface area (Å²) in [4.78, 5) is 27.4. The molecule has 4 nitrogen and oxygen atoms in total. The summed E-state index contributed by atoms with van der Waals surface area (Å²) in [6, 6.07) is 13.6. The summed E-state index contributed by atoms with van der Waals surface area (Å²) < 4.78 is 0. The Morgan fingerprint density at radius 2 is 1.88 bits per heavy atom. The molecule has 2 amide bonds. The molecule has 0 bridgehead atoms. The lowest BCUT2D eigenvalue weighted by atomic mass is 10.1. The normalized spacial score (nSPS) is 23.5. The zero-order chi connectivity index (χ0) is 18.4. The predicted octanol–water partition coefficient (Wildman–Crippen LogP) is 4.20. The highest BCUT2D eigenvalue weighted by Crippen LogP contribution is 2.44. The summed E-state index contributed by atoms with van der Waals surface area (Å²) in [6.07, 6.45) is 1.48. The molecule has 1 saturated carbocycles. The van der Waals surface area contributed by atoms with Crippen LogP contribution in [0.3, 0.4) is 0 Å². The van der Waals surface area contributed by atoms with E-state index >= 15 is 0 Å². The maximum Gasteiger partial charge on any atom is 0.231 e. The van der Waals surface area contributed by atoms with Gasteiger partial charge in [-0.15, -0.1) is 0 Å². The molecule has 2 aromatic carbocycles. The van der Waals surface area contributed by atoms with E-state index in [0.717, 1.165) is 17.7 Å². The van der Waals surface area contributed by atoms with Crippen LogP contribution in [0.25, 0.3) is 0 Å². The molecule has 4 rings (SSSR count). The standard InChI is InChI=1S/C21H21ClN2O2/c1-12-10-14-6-3-4-9-19(14)24(12)21(26)16-11-15(16)20(25)23-18-8-5-7-17(22)13(18)2/h3-9,12,15-16H,10-11H2,1-2H3,(H,23,25). The molecule has 1 aliphatic heterocycles. The summed E-state index contributed by atoms with van der Waals surface area (Å²) in [6.45, 7) is 3.93. The first-order valence-corrected chi connectivity index (χ1v) is 9.32. The van der Waals surface area contributed by atoms with E-state index < -0.39 is 0 Å². The molecule has 1 heterocycles. The van der Waals surface area contributed by atoms with Gasteiger partial charge in [0.2, 0.25) is 11.8 Å². The van der Waals surface area contributed by atoms with Gasteiger partial charge in [0, 0.05) is 22.4 Å². The SMILES string of the molecule is Cc1c(Cl)cccc1NC(=O)C1CC1C(=O)N1c2ccccc2CC1C. The minimum atomic E-state index is -0.263. The van der Waals surface area contributed by atoms with E-state index in [2.05, 4.69) is 18.3 Å². The second-order valence-electron chi connectivity index (χ2n) is 7.24. The number of carbonyl (C=O) groups excluding carboxylic acids is 2. The smallest absolute Gasteiger partial charge is 0.231 e. The Bertz CT molecular complexity index is 895. The molecule has 26 heavy (non-hydrogen) atoms. The second-order valence-corrected chi connectivity index (χ2v) is 7.65. The summed E-state index contributed by atoms with van der Waals surface area (Å²) in [5.41, 5.74) is 3.74. The van der Waals surface area contributed by atoms with Gasteiger partial charge in [-0.3, -0.25) is 9.59 Å². The minimum Gasteiger partial charge on any atom is -0.326 e. The van der Waals surface area contributed by atoms with E-state index in [-0.39, 0.29) is 29.7 Å². The van der Waals surface area contributed by atoms with Crippen LogP contribution >= 0.6 is 11.6 Å². The molecule has 2 aromatic rings. The van der Waals surface area contributed by atoms with Crippen LogP contribution < -0.4 is 10.2 Å². The summed E-state index contributed by atoms with van der Waals surface area (Å²) >= 11 is 6.11. The van der Waals surface area contributed by atoms with Gasteiger partial charge in [-0.05, 0) is 56.0 Å². The number of halogens is 1. The van der Waals surface area contributed by atoms with E-state index in [1.54, 1.807) is 6.07 Å². The third-order valence-electron chi connectivity index (χ3n) is 5.41. The molecule has 0 spiro atoms. The van der Waals surface area contributed by atoms with Gasteiger partial charge >= 0.3 is 0 Å². The van der Waals surface area contributed by atoms with E-state index in [1.165, 1.54) is 5.56 Å². The molecule has 2 aliphatic rings. The number of hydrogen-bond acceptors (Lipinski definition) is 2. The number of anilines is 2. The average Bonchev–Trinajstić information content (AvgIpc) is 3.35. The number of hydrogen-bond donors (Lipinski definition) is 1. The molecule has 3 atom stereocenters. The highest BCUT2D eigenvalue weighted by atomic mass is 35.5. The van der Waals surface area contributed by atoms with Gasteiger partial charge in [0.15, 0.2) is 0 Å². The molecular formula is C21H21ClN2O2. The van der Waals surface area contributed by atoms with Crippen LogP contribution in [0.15, 0.2) is 42.5 Å². The Balaban J connectivity index is 1.46. The van der Waals surface area contributed by atoms with Gasteiger partial charge in [-0.1, -0.05) is 35.9 Å². The minimum absolute atomic E-state index is 0.0606. The topological polar surface area (TPSA) is 49.4 Å². The van der Waals surface area contributed by atoms with Gasteiger partial charge in [-0.2, -0.15) is 0 Å². The highest BCUT2D eigenvalue weighted by molar-refractivity contribution is 6.31. The molecule has 1 fully saturated rings. The van der Waals surface area contributed by atoms with Gasteiger partial charge in [0.05, 0.1) is 11.8 Å². The van der Waals surface area contributed by atoms with E-state index in [1.807, 2.05) is 42.2 Å². The molecule has 1 aliphatic carbocycles. The number of para-hydroxylation sites is 1. The fraction of sp³-hybridized carbons (Fsp3) is 0.333. The first-order chi connectivity index (χ1) is 12.5. The number of fused-ring (bicyclic) bond motifs is 1. The number of rotatable bonds is 3. The van der Waals surface area contributed by atoms with Crippen molar-refractivity contribution in [3.8, 4) is 0 Å². The Hall–Kier alpha value is -2.33. The van der Waals surface area contributed by atoms with Crippen molar-refractivity contribution < 1.29 is 9.59 Å². The molecule has 0 radical (unpaired) electrons. The maximum absolute atomic E-state index is 13.0. The number of nitrogens with zero attached hydrogens (tertiary/aromatic N) is 1. The van der Waals surface area contributed by atoms with E-state index in [9.17, 15) is 9.59 Å². The monoisotopic (exact) mass is 368 g/mol. The second kappa shape index (κ2) is 6.44.